The SMILES string of the molecule is OCC1(c2nc3c(c(-c4ccccc4)c2-c2nn[nH]n2)CCCCC3)CCCC1. The van der Waals surface area contributed by atoms with E-state index in [1.54, 1.807) is 0 Å². The lowest BCUT2D eigenvalue weighted by atomic mass is 9.77. The van der Waals surface area contributed by atoms with Crippen molar-refractivity contribution in [2.24, 2.45) is 0 Å². The molecule has 150 valence electrons. The van der Waals surface area contributed by atoms with Crippen molar-refractivity contribution in [3.8, 4) is 22.5 Å². The average molecular weight is 390 g/mol. The number of aliphatic hydroxyl groups is 1. The van der Waals surface area contributed by atoms with Crippen LogP contribution in [-0.2, 0) is 18.3 Å². The summed E-state index contributed by atoms with van der Waals surface area (Å²) in [6.07, 6.45) is 9.72. The van der Waals surface area contributed by atoms with Gasteiger partial charge in [-0.15, -0.1) is 10.2 Å². The van der Waals surface area contributed by atoms with Crippen LogP contribution in [0.3, 0.4) is 0 Å². The molecule has 0 unspecified atom stereocenters. The van der Waals surface area contributed by atoms with Gasteiger partial charge in [-0.05, 0) is 60.4 Å². The topological polar surface area (TPSA) is 87.6 Å². The second-order valence-corrected chi connectivity index (χ2v) is 8.44. The number of hydrogen-bond donors (Lipinski definition) is 2. The fraction of sp³-hybridized carbons (Fsp3) is 0.478. The summed E-state index contributed by atoms with van der Waals surface area (Å²) in [6, 6.07) is 10.5. The summed E-state index contributed by atoms with van der Waals surface area (Å²) in [4.78, 5) is 5.26. The molecule has 0 radical (unpaired) electrons. The van der Waals surface area contributed by atoms with Crippen LogP contribution < -0.4 is 0 Å². The number of aryl methyl sites for hydroxylation is 1. The summed E-state index contributed by atoms with van der Waals surface area (Å²) in [7, 11) is 0. The van der Waals surface area contributed by atoms with Crippen molar-refractivity contribution >= 4 is 0 Å². The molecule has 29 heavy (non-hydrogen) atoms. The Morgan fingerprint density at radius 1 is 0.931 bits per heavy atom. The Morgan fingerprint density at radius 2 is 1.72 bits per heavy atom. The summed E-state index contributed by atoms with van der Waals surface area (Å²) in [6.45, 7) is 0.109. The van der Waals surface area contributed by atoms with Crippen LogP contribution >= 0.6 is 0 Å². The summed E-state index contributed by atoms with van der Waals surface area (Å²) >= 11 is 0. The molecule has 6 heteroatoms. The van der Waals surface area contributed by atoms with Crippen LogP contribution in [0, 0.1) is 0 Å². The first-order chi connectivity index (χ1) is 14.3. The minimum Gasteiger partial charge on any atom is -0.395 e. The number of H-pyrrole nitrogens is 1. The number of benzene rings is 1. The predicted octanol–water partition coefficient (Wildman–Crippen LogP) is 4.00. The van der Waals surface area contributed by atoms with E-state index < -0.39 is 0 Å². The first kappa shape index (κ1) is 18.4. The van der Waals surface area contributed by atoms with Gasteiger partial charge in [0.15, 0.2) is 0 Å². The number of nitrogens with zero attached hydrogens (tertiary/aromatic N) is 4. The average Bonchev–Trinajstić information content (AvgIpc) is 3.42. The Morgan fingerprint density at radius 3 is 2.45 bits per heavy atom. The van der Waals surface area contributed by atoms with Gasteiger partial charge in [0.1, 0.15) is 0 Å². The van der Waals surface area contributed by atoms with Crippen LogP contribution in [-0.4, -0.2) is 37.3 Å². The third kappa shape index (κ3) is 3.15. The number of aromatic amines is 1. The smallest absolute Gasteiger partial charge is 0.207 e. The molecule has 0 bridgehead atoms. The highest BCUT2D eigenvalue weighted by Gasteiger charge is 2.41. The van der Waals surface area contributed by atoms with Crippen molar-refractivity contribution in [2.75, 3.05) is 6.61 Å². The fourth-order valence-corrected chi connectivity index (χ4v) is 5.23. The third-order valence-electron chi connectivity index (χ3n) is 6.72. The molecule has 0 amide bonds. The molecule has 0 aliphatic heterocycles. The fourth-order valence-electron chi connectivity index (χ4n) is 5.23. The van der Waals surface area contributed by atoms with Gasteiger partial charge < -0.3 is 5.11 Å². The standard InChI is InChI=1S/C23H27N5O/c29-15-23(13-7-8-14-23)21-20(22-25-27-28-26-22)19(16-9-3-1-4-10-16)17-11-5-2-6-12-18(17)24-21/h1,3-4,9-10,29H,2,5-8,11-15H2,(H,25,26,27,28). The van der Waals surface area contributed by atoms with Gasteiger partial charge in [-0.25, -0.2) is 0 Å². The van der Waals surface area contributed by atoms with Gasteiger partial charge >= 0.3 is 0 Å². The van der Waals surface area contributed by atoms with E-state index in [1.807, 2.05) is 6.07 Å². The maximum atomic E-state index is 10.5. The van der Waals surface area contributed by atoms with Crippen LogP contribution in [0.1, 0.15) is 61.9 Å². The zero-order chi connectivity index (χ0) is 19.7. The first-order valence-corrected chi connectivity index (χ1v) is 10.8. The normalized spacial score (nSPS) is 18.4. The lowest BCUT2D eigenvalue weighted by Gasteiger charge is -2.30. The third-order valence-corrected chi connectivity index (χ3v) is 6.72. The summed E-state index contributed by atoms with van der Waals surface area (Å²) in [5, 5.41) is 25.7. The highest BCUT2D eigenvalue weighted by Crippen LogP contribution is 2.48. The van der Waals surface area contributed by atoms with Crippen molar-refractivity contribution in [3.63, 3.8) is 0 Å². The summed E-state index contributed by atoms with van der Waals surface area (Å²) in [5.74, 6) is 0.582. The van der Waals surface area contributed by atoms with E-state index in [0.717, 1.165) is 49.8 Å². The lowest BCUT2D eigenvalue weighted by Crippen LogP contribution is -2.30. The van der Waals surface area contributed by atoms with Crippen molar-refractivity contribution in [3.05, 3.63) is 47.3 Å². The van der Waals surface area contributed by atoms with E-state index in [4.69, 9.17) is 4.98 Å². The Hall–Kier alpha value is -2.60. The van der Waals surface area contributed by atoms with Crippen LogP contribution in [0.25, 0.3) is 22.5 Å². The molecule has 1 aromatic carbocycles. The van der Waals surface area contributed by atoms with Gasteiger partial charge in [0.05, 0.1) is 17.9 Å². The van der Waals surface area contributed by atoms with Gasteiger partial charge in [-0.2, -0.15) is 5.21 Å². The first-order valence-electron chi connectivity index (χ1n) is 10.8. The molecule has 0 saturated heterocycles. The van der Waals surface area contributed by atoms with Gasteiger partial charge in [0, 0.05) is 11.1 Å². The number of nitrogens with one attached hydrogen (secondary N) is 1. The Bertz CT molecular complexity index is 978. The molecule has 2 aliphatic carbocycles. The molecule has 2 N–H and O–H groups in total. The van der Waals surface area contributed by atoms with E-state index >= 15 is 0 Å². The van der Waals surface area contributed by atoms with Crippen LogP contribution in [0.5, 0.6) is 0 Å². The largest absolute Gasteiger partial charge is 0.395 e. The highest BCUT2D eigenvalue weighted by molar-refractivity contribution is 5.85. The van der Waals surface area contributed by atoms with E-state index in [0.29, 0.717) is 5.82 Å². The maximum Gasteiger partial charge on any atom is 0.207 e. The minimum absolute atomic E-state index is 0.109. The summed E-state index contributed by atoms with van der Waals surface area (Å²) in [5.41, 5.74) is 6.49. The van der Waals surface area contributed by atoms with E-state index in [-0.39, 0.29) is 12.0 Å². The molecule has 2 aliphatic rings. The molecule has 0 spiro atoms. The lowest BCUT2D eigenvalue weighted by molar-refractivity contribution is 0.192. The second-order valence-electron chi connectivity index (χ2n) is 8.44. The Labute approximate surface area is 170 Å². The number of tetrazole rings is 1. The number of fused-ring (bicyclic) bond motifs is 1. The molecular weight excluding hydrogens is 362 g/mol. The zero-order valence-electron chi connectivity index (χ0n) is 16.7. The van der Waals surface area contributed by atoms with Crippen molar-refractivity contribution in [1.82, 2.24) is 25.6 Å². The predicted molar refractivity (Wildman–Crippen MR) is 111 cm³/mol. The summed E-state index contributed by atoms with van der Waals surface area (Å²) < 4.78 is 0. The molecule has 0 atom stereocenters. The molecule has 5 rings (SSSR count). The second kappa shape index (κ2) is 7.67. The van der Waals surface area contributed by atoms with Gasteiger partial charge in [-0.3, -0.25) is 4.98 Å². The minimum atomic E-state index is -0.319. The highest BCUT2D eigenvalue weighted by atomic mass is 16.3. The Kier molecular flexibility index (Phi) is 4.87. The monoisotopic (exact) mass is 389 g/mol. The molecular formula is C23H27N5O. The zero-order valence-corrected chi connectivity index (χ0v) is 16.7. The maximum absolute atomic E-state index is 10.5. The van der Waals surface area contributed by atoms with Crippen LogP contribution in [0.2, 0.25) is 0 Å². The van der Waals surface area contributed by atoms with E-state index in [2.05, 4.69) is 44.9 Å². The van der Waals surface area contributed by atoms with E-state index in [9.17, 15) is 5.11 Å². The number of aliphatic hydroxyl groups excluding tert-OH is 1. The quantitative estimate of drug-likeness (QED) is 0.659. The van der Waals surface area contributed by atoms with Gasteiger partial charge in [0.2, 0.25) is 5.82 Å². The van der Waals surface area contributed by atoms with E-state index in [1.165, 1.54) is 41.6 Å². The van der Waals surface area contributed by atoms with Gasteiger partial charge in [-0.1, -0.05) is 49.6 Å². The molecule has 2 heterocycles. The number of pyridine rings is 1. The molecule has 3 aromatic rings. The van der Waals surface area contributed by atoms with Crippen molar-refractivity contribution < 1.29 is 5.11 Å². The molecule has 1 saturated carbocycles. The van der Waals surface area contributed by atoms with Crippen LogP contribution in [0.4, 0.5) is 0 Å². The van der Waals surface area contributed by atoms with Crippen molar-refractivity contribution in [2.45, 2.75) is 63.2 Å². The Balaban J connectivity index is 1.87. The molecule has 6 nitrogen and oxygen atoms in total. The van der Waals surface area contributed by atoms with Gasteiger partial charge in [0.25, 0.3) is 0 Å². The molecule has 1 fully saturated rings. The van der Waals surface area contributed by atoms with Crippen molar-refractivity contribution in [1.29, 1.82) is 0 Å². The number of hydrogen-bond acceptors (Lipinski definition) is 5. The molecule has 2 aromatic heterocycles. The van der Waals surface area contributed by atoms with Crippen LogP contribution in [0.15, 0.2) is 30.3 Å². The number of rotatable bonds is 4. The number of aromatic nitrogens is 5.